The molecule has 1 fully saturated rings. The van der Waals surface area contributed by atoms with Crippen LogP contribution in [0.4, 0.5) is 0 Å². The van der Waals surface area contributed by atoms with Crippen LogP contribution in [0.1, 0.15) is 38.5 Å². The zero-order valence-electron chi connectivity index (χ0n) is 7.46. The first-order valence-corrected chi connectivity index (χ1v) is 5.64. The van der Waals surface area contributed by atoms with Gasteiger partial charge in [-0.25, -0.2) is 0 Å². The summed E-state index contributed by atoms with van der Waals surface area (Å²) in [6.07, 6.45) is 8.06. The molecule has 0 amide bonds. The van der Waals surface area contributed by atoms with Gasteiger partial charge in [0.15, 0.2) is 0 Å². The maximum atomic E-state index is 5.05. The Bertz CT molecular complexity index is 137. The van der Waals surface area contributed by atoms with Crippen LogP contribution in [0.25, 0.3) is 0 Å². The molecule has 12 heavy (non-hydrogen) atoms. The Morgan fingerprint density at radius 3 is 1.75 bits per heavy atom. The molecule has 0 bridgehead atoms. The van der Waals surface area contributed by atoms with E-state index < -0.39 is 0 Å². The van der Waals surface area contributed by atoms with Crippen molar-refractivity contribution in [3.63, 3.8) is 0 Å². The third-order valence-corrected chi connectivity index (χ3v) is 2.92. The fourth-order valence-electron chi connectivity index (χ4n) is 1.62. The van der Waals surface area contributed by atoms with E-state index in [-0.39, 0.29) is 0 Å². The fraction of sp³-hybridized carbons (Fsp3) is 0.889. The van der Waals surface area contributed by atoms with Crippen LogP contribution in [0.5, 0.6) is 0 Å². The molecule has 0 unspecified atom stereocenters. The highest BCUT2D eigenvalue weighted by atomic mass is 32.1. The molecule has 0 aromatic carbocycles. The van der Waals surface area contributed by atoms with Crippen molar-refractivity contribution < 1.29 is 0 Å². The van der Waals surface area contributed by atoms with Crippen LogP contribution in [0.2, 0.25) is 0 Å². The first-order chi connectivity index (χ1) is 5.80. The van der Waals surface area contributed by atoms with Crippen LogP contribution in [-0.2, 0) is 0 Å². The van der Waals surface area contributed by atoms with Gasteiger partial charge >= 0.3 is 0 Å². The minimum atomic E-state index is 0.775. The van der Waals surface area contributed by atoms with Crippen molar-refractivity contribution in [2.75, 3.05) is 13.1 Å². The van der Waals surface area contributed by atoms with E-state index in [1.54, 1.807) is 0 Å². The minimum absolute atomic E-state index is 0.775. The van der Waals surface area contributed by atoms with Crippen LogP contribution < -0.4 is 0 Å². The number of rotatable bonds is 0. The van der Waals surface area contributed by atoms with E-state index >= 15 is 0 Å². The smallest absolute Gasteiger partial charge is 0.133 e. The average Bonchev–Trinajstić information content (AvgIpc) is 2.15. The lowest BCUT2D eigenvalue weighted by Crippen LogP contribution is -2.27. The molecule has 0 aromatic rings. The van der Waals surface area contributed by atoms with Gasteiger partial charge in [0.05, 0.1) is 0 Å². The van der Waals surface area contributed by atoms with Crippen molar-refractivity contribution in [3.05, 3.63) is 0 Å². The van der Waals surface area contributed by atoms with E-state index in [1.165, 1.54) is 38.5 Å². The molecule has 0 radical (unpaired) electrons. The summed E-state index contributed by atoms with van der Waals surface area (Å²) in [7, 11) is 0. The summed E-state index contributed by atoms with van der Waals surface area (Å²) >= 11 is 9.27. The van der Waals surface area contributed by atoms with Crippen LogP contribution in [0.15, 0.2) is 0 Å². The molecule has 0 saturated carbocycles. The zero-order chi connectivity index (χ0) is 8.81. The summed E-state index contributed by atoms with van der Waals surface area (Å²) < 4.78 is 0.775. The van der Waals surface area contributed by atoms with Crippen LogP contribution in [0, 0.1) is 0 Å². The van der Waals surface area contributed by atoms with Gasteiger partial charge in [-0.2, -0.15) is 0 Å². The molecular weight excluding hydrogens is 186 g/mol. The first-order valence-electron chi connectivity index (χ1n) is 4.78. The maximum absolute atomic E-state index is 5.05. The largest absolute Gasteiger partial charge is 0.358 e. The van der Waals surface area contributed by atoms with Crippen LogP contribution in [-0.4, -0.2) is 22.3 Å². The molecule has 70 valence electrons. The van der Waals surface area contributed by atoms with E-state index in [2.05, 4.69) is 17.5 Å². The predicted molar refractivity (Wildman–Crippen MR) is 60.9 cm³/mol. The summed E-state index contributed by atoms with van der Waals surface area (Å²) in [6.45, 7) is 2.23. The lowest BCUT2D eigenvalue weighted by Gasteiger charge is -2.21. The lowest BCUT2D eigenvalue weighted by molar-refractivity contribution is 0.419. The van der Waals surface area contributed by atoms with Gasteiger partial charge in [-0.1, -0.05) is 37.9 Å². The maximum Gasteiger partial charge on any atom is 0.133 e. The minimum Gasteiger partial charge on any atom is -0.358 e. The second kappa shape index (κ2) is 5.81. The Hall–Kier alpha value is 0.240. The SMILES string of the molecule is S=C(S)N1CCCCCCCC1. The average molecular weight is 203 g/mol. The van der Waals surface area contributed by atoms with Gasteiger partial charge in [-0.15, -0.1) is 12.6 Å². The third kappa shape index (κ3) is 3.76. The summed E-state index contributed by atoms with van der Waals surface area (Å²) in [5.41, 5.74) is 0. The highest BCUT2D eigenvalue weighted by molar-refractivity contribution is 8.10. The number of hydrogen-bond acceptors (Lipinski definition) is 1. The van der Waals surface area contributed by atoms with Gasteiger partial charge in [0, 0.05) is 13.1 Å². The van der Waals surface area contributed by atoms with Gasteiger partial charge in [0.25, 0.3) is 0 Å². The van der Waals surface area contributed by atoms with Gasteiger partial charge in [0.2, 0.25) is 0 Å². The van der Waals surface area contributed by atoms with Crippen molar-refractivity contribution in [1.82, 2.24) is 4.90 Å². The van der Waals surface area contributed by atoms with Gasteiger partial charge in [-0.3, -0.25) is 0 Å². The van der Waals surface area contributed by atoms with E-state index in [0.29, 0.717) is 0 Å². The monoisotopic (exact) mass is 203 g/mol. The normalized spacial score (nSPS) is 20.9. The molecule has 0 N–H and O–H groups in total. The van der Waals surface area contributed by atoms with Crippen molar-refractivity contribution in [2.24, 2.45) is 0 Å². The van der Waals surface area contributed by atoms with Gasteiger partial charge in [-0.05, 0) is 12.8 Å². The molecule has 0 aliphatic carbocycles. The Morgan fingerprint density at radius 1 is 0.917 bits per heavy atom. The molecular formula is C9H17NS2. The van der Waals surface area contributed by atoms with Gasteiger partial charge < -0.3 is 4.90 Å². The second-order valence-corrected chi connectivity index (χ2v) is 4.50. The third-order valence-electron chi connectivity index (χ3n) is 2.38. The number of hydrogen-bond donors (Lipinski definition) is 1. The summed E-state index contributed by atoms with van der Waals surface area (Å²) in [6, 6.07) is 0. The molecule has 3 heteroatoms. The molecule has 1 nitrogen and oxygen atoms in total. The van der Waals surface area contributed by atoms with Crippen molar-refractivity contribution in [2.45, 2.75) is 38.5 Å². The van der Waals surface area contributed by atoms with Crippen molar-refractivity contribution in [1.29, 1.82) is 0 Å². The molecule has 1 saturated heterocycles. The topological polar surface area (TPSA) is 3.24 Å². The first kappa shape index (κ1) is 10.3. The zero-order valence-corrected chi connectivity index (χ0v) is 9.17. The van der Waals surface area contributed by atoms with Crippen molar-refractivity contribution in [3.8, 4) is 0 Å². The quantitative estimate of drug-likeness (QED) is 0.476. The van der Waals surface area contributed by atoms with E-state index in [9.17, 15) is 0 Å². The Kier molecular flexibility index (Phi) is 5.00. The lowest BCUT2D eigenvalue weighted by atomic mass is 10.1. The predicted octanol–water partition coefficient (Wildman–Crippen LogP) is 2.86. The Morgan fingerprint density at radius 2 is 1.33 bits per heavy atom. The van der Waals surface area contributed by atoms with Crippen LogP contribution >= 0.6 is 24.8 Å². The molecule has 1 heterocycles. The molecule has 1 aliphatic rings. The summed E-state index contributed by atoms with van der Waals surface area (Å²) in [4.78, 5) is 2.23. The molecule has 0 spiro atoms. The van der Waals surface area contributed by atoms with E-state index in [4.69, 9.17) is 12.2 Å². The molecule has 1 aliphatic heterocycles. The summed E-state index contributed by atoms with van der Waals surface area (Å²) in [5.74, 6) is 0. The molecule has 0 atom stereocenters. The number of thiocarbonyl (C=S) groups is 1. The standard InChI is InChI=1S/C9H17NS2/c11-9(12)10-7-5-3-1-2-4-6-8-10/h1-8H2,(H,11,12). The van der Waals surface area contributed by atoms with Gasteiger partial charge in [0.1, 0.15) is 4.32 Å². The molecule has 0 aromatic heterocycles. The highest BCUT2D eigenvalue weighted by Crippen LogP contribution is 2.12. The summed E-state index contributed by atoms with van der Waals surface area (Å²) in [5, 5.41) is 0. The van der Waals surface area contributed by atoms with Crippen LogP contribution in [0.3, 0.4) is 0 Å². The second-order valence-electron chi connectivity index (χ2n) is 3.39. The number of thiol groups is 1. The Labute approximate surface area is 85.9 Å². The van der Waals surface area contributed by atoms with E-state index in [0.717, 1.165) is 17.4 Å². The van der Waals surface area contributed by atoms with E-state index in [1.807, 2.05) is 0 Å². The highest BCUT2D eigenvalue weighted by Gasteiger charge is 2.07. The van der Waals surface area contributed by atoms with Crippen molar-refractivity contribution >= 4 is 29.2 Å². The Balaban J connectivity index is 2.33. The fourth-order valence-corrected chi connectivity index (χ4v) is 2.00. The molecule has 1 rings (SSSR count). The number of nitrogens with zero attached hydrogens (tertiary/aromatic N) is 1.